The first-order chi connectivity index (χ1) is 9.45. The lowest BCUT2D eigenvalue weighted by atomic mass is 10.1. The second kappa shape index (κ2) is 5.58. The molecule has 0 saturated carbocycles. The minimum absolute atomic E-state index is 0.0330. The third-order valence-electron chi connectivity index (χ3n) is 2.70. The summed E-state index contributed by atoms with van der Waals surface area (Å²) >= 11 is 0. The molecule has 2 aromatic rings. The third-order valence-corrected chi connectivity index (χ3v) is 2.70. The first-order valence-corrected chi connectivity index (χ1v) is 5.68. The summed E-state index contributed by atoms with van der Waals surface area (Å²) in [5, 5.41) is 7.27. The molecule has 1 aromatic carbocycles. The fourth-order valence-electron chi connectivity index (χ4n) is 1.74. The lowest BCUT2D eigenvalue weighted by Crippen LogP contribution is -2.10. The van der Waals surface area contributed by atoms with E-state index in [1.807, 2.05) is 0 Å². The van der Waals surface area contributed by atoms with Crippen molar-refractivity contribution in [1.82, 2.24) is 14.8 Å². The normalized spacial score (nSPS) is 11.8. The maximum Gasteiger partial charge on any atom is 0.419 e. The number of hydrogen-bond donors (Lipinski definition) is 0. The fraction of sp³-hybridized carbons (Fsp3) is 0.333. The van der Waals surface area contributed by atoms with E-state index in [9.17, 15) is 17.6 Å². The summed E-state index contributed by atoms with van der Waals surface area (Å²) < 4.78 is 58.3. The molecule has 0 aliphatic heterocycles. The molecule has 0 spiro atoms. The molecule has 0 bridgehead atoms. The zero-order valence-corrected chi connectivity index (χ0v) is 10.5. The van der Waals surface area contributed by atoms with Gasteiger partial charge in [-0.2, -0.15) is 13.2 Å². The van der Waals surface area contributed by atoms with Crippen LogP contribution >= 0.6 is 0 Å². The first-order valence-electron chi connectivity index (χ1n) is 5.68. The topological polar surface area (TPSA) is 39.9 Å². The molecule has 0 aliphatic carbocycles. The van der Waals surface area contributed by atoms with Gasteiger partial charge in [0.25, 0.3) is 0 Å². The van der Waals surface area contributed by atoms with E-state index in [0.717, 1.165) is 6.07 Å². The van der Waals surface area contributed by atoms with Gasteiger partial charge in [-0.05, 0) is 12.1 Å². The molecule has 0 atom stereocenters. The highest BCUT2D eigenvalue weighted by molar-refractivity contribution is 5.57. The van der Waals surface area contributed by atoms with Gasteiger partial charge in [0.15, 0.2) is 5.82 Å². The Labute approximate surface area is 112 Å². The maximum atomic E-state index is 14.0. The lowest BCUT2D eigenvalue weighted by molar-refractivity contribution is -0.139. The van der Waals surface area contributed by atoms with Crippen LogP contribution in [0.5, 0.6) is 0 Å². The highest BCUT2D eigenvalue weighted by Crippen LogP contribution is 2.34. The molecule has 4 nitrogen and oxygen atoms in total. The molecule has 0 amide bonds. The number of aromatic nitrogens is 3. The Hall–Kier alpha value is -1.96. The van der Waals surface area contributed by atoms with E-state index < -0.39 is 17.6 Å². The molecule has 0 N–H and O–H groups in total. The summed E-state index contributed by atoms with van der Waals surface area (Å²) in [6.07, 6.45) is -3.44. The molecule has 20 heavy (non-hydrogen) atoms. The van der Waals surface area contributed by atoms with E-state index in [2.05, 4.69) is 10.2 Å². The largest absolute Gasteiger partial charge is 0.419 e. The Morgan fingerprint density at radius 3 is 2.70 bits per heavy atom. The third kappa shape index (κ3) is 2.79. The Kier molecular flexibility index (Phi) is 4.03. The molecule has 0 saturated heterocycles. The first kappa shape index (κ1) is 14.4. The van der Waals surface area contributed by atoms with Gasteiger partial charge in [0.1, 0.15) is 12.1 Å². The van der Waals surface area contributed by atoms with Crippen LogP contribution in [0.4, 0.5) is 17.6 Å². The molecular formula is C12H11F4N3O. The molecule has 0 aliphatic rings. The van der Waals surface area contributed by atoms with Crippen LogP contribution in [-0.4, -0.2) is 28.5 Å². The monoisotopic (exact) mass is 289 g/mol. The number of rotatable bonds is 4. The van der Waals surface area contributed by atoms with Crippen molar-refractivity contribution in [2.75, 3.05) is 13.7 Å². The molecule has 0 unspecified atom stereocenters. The van der Waals surface area contributed by atoms with Gasteiger partial charge in [-0.15, -0.1) is 10.2 Å². The van der Waals surface area contributed by atoms with Crippen LogP contribution in [0, 0.1) is 5.82 Å². The quantitative estimate of drug-likeness (QED) is 0.813. The minimum atomic E-state index is -4.75. The highest BCUT2D eigenvalue weighted by Gasteiger charge is 2.35. The summed E-state index contributed by atoms with van der Waals surface area (Å²) in [4.78, 5) is 0. The summed E-state index contributed by atoms with van der Waals surface area (Å²) in [6, 6.07) is 3.06. The smallest absolute Gasteiger partial charge is 0.383 e. The van der Waals surface area contributed by atoms with Gasteiger partial charge in [-0.1, -0.05) is 6.07 Å². The lowest BCUT2D eigenvalue weighted by Gasteiger charge is -2.11. The number of hydrogen-bond acceptors (Lipinski definition) is 3. The van der Waals surface area contributed by atoms with Crippen molar-refractivity contribution in [3.63, 3.8) is 0 Å². The van der Waals surface area contributed by atoms with Crippen molar-refractivity contribution in [3.05, 3.63) is 35.9 Å². The molecule has 1 heterocycles. The van der Waals surface area contributed by atoms with E-state index >= 15 is 0 Å². The Morgan fingerprint density at radius 2 is 2.05 bits per heavy atom. The Bertz CT molecular complexity index is 595. The van der Waals surface area contributed by atoms with Crippen LogP contribution < -0.4 is 0 Å². The van der Waals surface area contributed by atoms with Crippen LogP contribution in [0.2, 0.25) is 0 Å². The molecular weight excluding hydrogens is 278 g/mol. The van der Waals surface area contributed by atoms with E-state index in [1.165, 1.54) is 24.1 Å². The van der Waals surface area contributed by atoms with E-state index in [4.69, 9.17) is 4.74 Å². The van der Waals surface area contributed by atoms with Crippen molar-refractivity contribution in [3.8, 4) is 11.4 Å². The summed E-state index contributed by atoms with van der Waals surface area (Å²) in [5.74, 6) is -1.32. The average molecular weight is 289 g/mol. The number of ether oxygens (including phenoxy) is 1. The van der Waals surface area contributed by atoms with E-state index in [0.29, 0.717) is 19.2 Å². The number of benzene rings is 1. The van der Waals surface area contributed by atoms with Gasteiger partial charge in [-0.3, -0.25) is 0 Å². The predicted molar refractivity (Wildman–Crippen MR) is 62.3 cm³/mol. The summed E-state index contributed by atoms with van der Waals surface area (Å²) in [7, 11) is 1.48. The highest BCUT2D eigenvalue weighted by atomic mass is 19.4. The van der Waals surface area contributed by atoms with Crippen LogP contribution in [0.3, 0.4) is 0 Å². The second-order valence-corrected chi connectivity index (χ2v) is 4.01. The van der Waals surface area contributed by atoms with Crippen LogP contribution in [-0.2, 0) is 17.5 Å². The average Bonchev–Trinajstić information content (AvgIpc) is 2.83. The molecule has 1 aromatic heterocycles. The molecule has 108 valence electrons. The van der Waals surface area contributed by atoms with Crippen LogP contribution in [0.25, 0.3) is 11.4 Å². The van der Waals surface area contributed by atoms with Gasteiger partial charge in [-0.25, -0.2) is 4.39 Å². The predicted octanol–water partition coefficient (Wildman–Crippen LogP) is 2.75. The van der Waals surface area contributed by atoms with Crippen molar-refractivity contribution >= 4 is 0 Å². The SMILES string of the molecule is COCCn1cnnc1-c1cccc(C(F)(F)F)c1F. The molecule has 2 rings (SSSR count). The zero-order chi connectivity index (χ0) is 14.8. The molecule has 0 fully saturated rings. The van der Waals surface area contributed by atoms with Gasteiger partial charge >= 0.3 is 6.18 Å². The summed E-state index contributed by atoms with van der Waals surface area (Å²) in [6.45, 7) is 0.625. The number of methoxy groups -OCH3 is 1. The van der Waals surface area contributed by atoms with Crippen molar-refractivity contribution < 1.29 is 22.3 Å². The second-order valence-electron chi connectivity index (χ2n) is 4.01. The standard InChI is InChI=1S/C12H11F4N3O/c1-20-6-5-19-7-17-18-11(19)8-3-2-4-9(10(8)13)12(14,15)16/h2-4,7H,5-6H2,1H3. The molecule has 8 heteroatoms. The molecule has 0 radical (unpaired) electrons. The maximum absolute atomic E-state index is 14.0. The number of alkyl halides is 3. The minimum Gasteiger partial charge on any atom is -0.383 e. The van der Waals surface area contributed by atoms with Crippen molar-refractivity contribution in [1.29, 1.82) is 0 Å². The fourth-order valence-corrected chi connectivity index (χ4v) is 1.74. The van der Waals surface area contributed by atoms with E-state index in [1.54, 1.807) is 0 Å². The van der Waals surface area contributed by atoms with E-state index in [-0.39, 0.29) is 11.4 Å². The number of nitrogens with zero attached hydrogens (tertiary/aromatic N) is 3. The van der Waals surface area contributed by atoms with Crippen molar-refractivity contribution in [2.45, 2.75) is 12.7 Å². The van der Waals surface area contributed by atoms with Crippen LogP contribution in [0.1, 0.15) is 5.56 Å². The Balaban J connectivity index is 2.46. The Morgan fingerprint density at radius 1 is 1.30 bits per heavy atom. The van der Waals surface area contributed by atoms with Crippen LogP contribution in [0.15, 0.2) is 24.5 Å². The van der Waals surface area contributed by atoms with Gasteiger partial charge in [0, 0.05) is 13.7 Å². The summed E-state index contributed by atoms with van der Waals surface area (Å²) in [5.41, 5.74) is -1.57. The van der Waals surface area contributed by atoms with Gasteiger partial charge in [0.2, 0.25) is 0 Å². The van der Waals surface area contributed by atoms with Crippen molar-refractivity contribution in [2.24, 2.45) is 0 Å². The zero-order valence-electron chi connectivity index (χ0n) is 10.5. The number of halogens is 4. The van der Waals surface area contributed by atoms with Gasteiger partial charge in [0.05, 0.1) is 17.7 Å². The van der Waals surface area contributed by atoms with Gasteiger partial charge < -0.3 is 9.30 Å².